The zero-order chi connectivity index (χ0) is 27.7. The van der Waals surface area contributed by atoms with Gasteiger partial charge in [-0.1, -0.05) is 0 Å². The Bertz CT molecular complexity index is 1080. The van der Waals surface area contributed by atoms with Gasteiger partial charge in [-0.3, -0.25) is 4.79 Å². The predicted molar refractivity (Wildman–Crippen MR) is 139 cm³/mol. The van der Waals surface area contributed by atoms with Crippen LogP contribution >= 0.6 is 0 Å². The molecule has 3 aliphatic heterocycles. The predicted octanol–water partition coefficient (Wildman–Crippen LogP) is 1.88. The third kappa shape index (κ3) is 6.02. The number of anilines is 1. The van der Waals surface area contributed by atoms with Crippen LogP contribution in [0.5, 0.6) is 0 Å². The fraction of sp³-hybridized carbons (Fsp3) is 0.643. The van der Waals surface area contributed by atoms with Gasteiger partial charge in [-0.15, -0.1) is 0 Å². The number of ether oxygens (including phenoxy) is 1. The van der Waals surface area contributed by atoms with Crippen LogP contribution in [0.15, 0.2) is 18.2 Å². The molecule has 4 rings (SSSR count). The van der Waals surface area contributed by atoms with E-state index in [0.717, 1.165) is 38.8 Å². The quantitative estimate of drug-likeness (QED) is 0.567. The van der Waals surface area contributed by atoms with Crippen LogP contribution in [0.4, 0.5) is 10.5 Å². The van der Waals surface area contributed by atoms with Crippen LogP contribution in [-0.4, -0.2) is 78.1 Å². The molecule has 3 amide bonds. The van der Waals surface area contributed by atoms with Gasteiger partial charge >= 0.3 is 12.0 Å². The summed E-state index contributed by atoms with van der Waals surface area (Å²) in [7, 11) is 1.59. The number of nitrogens with zero attached hydrogens (tertiary/aromatic N) is 2. The van der Waals surface area contributed by atoms with Crippen LogP contribution in [0.3, 0.4) is 0 Å². The van der Waals surface area contributed by atoms with Crippen molar-refractivity contribution in [2.45, 2.75) is 71.1 Å². The summed E-state index contributed by atoms with van der Waals surface area (Å²) in [6, 6.07) is 4.08. The summed E-state index contributed by atoms with van der Waals surface area (Å²) in [5, 5.41) is 17.6. The lowest BCUT2D eigenvalue weighted by molar-refractivity contribution is -0.785. The molecule has 0 aromatic heterocycles. The lowest BCUT2D eigenvalue weighted by Gasteiger charge is -2.41. The second-order valence-electron chi connectivity index (χ2n) is 12.0. The van der Waals surface area contributed by atoms with E-state index in [0.29, 0.717) is 41.7 Å². The van der Waals surface area contributed by atoms with Gasteiger partial charge in [-0.2, -0.15) is 9.28 Å². The molecule has 2 fully saturated rings. The number of carboxylic acids is 1. The van der Waals surface area contributed by atoms with E-state index in [2.05, 4.69) is 10.6 Å². The van der Waals surface area contributed by atoms with E-state index in [1.54, 1.807) is 46.0 Å². The number of carbonyl (C=O) groups is 4. The van der Waals surface area contributed by atoms with E-state index in [1.807, 2.05) is 0 Å². The third-order valence-electron chi connectivity index (χ3n) is 8.08. The Kier molecular flexibility index (Phi) is 8.13. The lowest BCUT2D eigenvalue weighted by Crippen LogP contribution is -2.62. The summed E-state index contributed by atoms with van der Waals surface area (Å²) < 4.78 is 5.41. The monoisotopic (exact) mass is 528 g/mol. The zero-order valence-corrected chi connectivity index (χ0v) is 22.9. The van der Waals surface area contributed by atoms with Gasteiger partial charge in [0.05, 0.1) is 18.7 Å². The Hall–Kier alpha value is -2.98. The highest BCUT2D eigenvalue weighted by Gasteiger charge is 2.51. The fourth-order valence-corrected chi connectivity index (χ4v) is 6.03. The molecule has 0 unspecified atom stereocenters. The van der Waals surface area contributed by atoms with Crippen LogP contribution in [-0.2, 0) is 20.9 Å². The van der Waals surface area contributed by atoms with Gasteiger partial charge in [-0.05, 0) is 82.3 Å². The molecule has 0 bridgehead atoms. The van der Waals surface area contributed by atoms with E-state index in [-0.39, 0.29) is 22.8 Å². The minimum absolute atomic E-state index is 0.204. The number of carboxylic acid groups (broad SMARTS) is 1. The average Bonchev–Trinajstić information content (AvgIpc) is 2.98. The molecule has 0 spiro atoms. The number of hydrogen-bond acceptors (Lipinski definition) is 8. The molecule has 208 valence electrons. The number of hydrogen-bond donors (Lipinski definition) is 2. The number of amides is 3. The zero-order valence-electron chi connectivity index (χ0n) is 22.9. The maximum absolute atomic E-state index is 14.1. The molecule has 3 aliphatic rings. The number of benzene rings is 1. The molecule has 1 aromatic rings. The Labute approximate surface area is 224 Å². The first-order valence-corrected chi connectivity index (χ1v) is 13.6. The normalized spacial score (nSPS) is 26.6. The van der Waals surface area contributed by atoms with Crippen molar-refractivity contribution < 1.29 is 33.5 Å². The number of fused-ring (bicyclic) bond motifs is 1. The number of likely N-dealkylation sites (N-methyl/N-ethyl adjacent to an activating group) is 1. The fourth-order valence-electron chi connectivity index (χ4n) is 6.03. The van der Waals surface area contributed by atoms with Crippen molar-refractivity contribution in [1.82, 2.24) is 10.2 Å². The first-order chi connectivity index (χ1) is 17.9. The van der Waals surface area contributed by atoms with Crippen molar-refractivity contribution in [1.29, 1.82) is 0 Å². The Balaban J connectivity index is 1.62. The SMILES string of the molecule is CN1Cc2cc(C(=O)[N+]3(C(=O)OC(C)(C)C)CCC(C4CCNCC4)CC3)ccc2N[C@@H](CC(=O)[O-])C1=O. The van der Waals surface area contributed by atoms with E-state index >= 15 is 0 Å². The highest BCUT2D eigenvalue weighted by molar-refractivity contribution is 5.96. The number of nitrogens with one attached hydrogen (secondary N) is 2. The highest BCUT2D eigenvalue weighted by Crippen LogP contribution is 2.36. The first kappa shape index (κ1) is 28.0. The molecule has 3 heterocycles. The van der Waals surface area contributed by atoms with Gasteiger partial charge in [-0.25, -0.2) is 4.79 Å². The number of aliphatic carboxylic acids is 1. The smallest absolute Gasteiger partial charge is 0.524 e. The van der Waals surface area contributed by atoms with Gasteiger partial charge in [0, 0.05) is 44.5 Å². The number of likely N-dealkylation sites (tertiary alicyclic amines) is 1. The van der Waals surface area contributed by atoms with E-state index < -0.39 is 30.1 Å². The lowest BCUT2D eigenvalue weighted by atomic mass is 9.78. The minimum Gasteiger partial charge on any atom is -0.550 e. The average molecular weight is 529 g/mol. The Morgan fingerprint density at radius 3 is 2.32 bits per heavy atom. The van der Waals surface area contributed by atoms with Crippen molar-refractivity contribution >= 4 is 29.6 Å². The Morgan fingerprint density at radius 2 is 1.71 bits per heavy atom. The molecule has 0 radical (unpaired) electrons. The van der Waals surface area contributed by atoms with Crippen LogP contribution in [0, 0.1) is 11.8 Å². The molecule has 0 saturated carbocycles. The molecule has 10 heteroatoms. The van der Waals surface area contributed by atoms with E-state index in [4.69, 9.17) is 4.74 Å². The number of carbonyl (C=O) groups excluding carboxylic acids is 4. The third-order valence-corrected chi connectivity index (χ3v) is 8.08. The molecular weight excluding hydrogens is 488 g/mol. The van der Waals surface area contributed by atoms with Crippen molar-refractivity contribution in [2.75, 3.05) is 38.5 Å². The molecule has 38 heavy (non-hydrogen) atoms. The number of piperidine rings is 2. The maximum atomic E-state index is 14.1. The van der Waals surface area contributed by atoms with Crippen LogP contribution < -0.4 is 15.7 Å². The molecular formula is C28H40N4O6. The van der Waals surface area contributed by atoms with Gasteiger partial charge in [0.2, 0.25) is 5.91 Å². The van der Waals surface area contributed by atoms with Gasteiger partial charge in [0.25, 0.3) is 0 Å². The molecule has 1 aromatic carbocycles. The topological polar surface area (TPSA) is 128 Å². The van der Waals surface area contributed by atoms with E-state index in [1.165, 1.54) is 4.90 Å². The van der Waals surface area contributed by atoms with Crippen molar-refractivity contribution in [2.24, 2.45) is 11.8 Å². The summed E-state index contributed by atoms with van der Waals surface area (Å²) >= 11 is 0. The van der Waals surface area contributed by atoms with E-state index in [9.17, 15) is 24.3 Å². The summed E-state index contributed by atoms with van der Waals surface area (Å²) in [5.41, 5.74) is 0.901. The highest BCUT2D eigenvalue weighted by atomic mass is 16.6. The largest absolute Gasteiger partial charge is 0.550 e. The van der Waals surface area contributed by atoms with Crippen molar-refractivity contribution in [3.05, 3.63) is 29.3 Å². The maximum Gasteiger partial charge on any atom is 0.524 e. The second-order valence-corrected chi connectivity index (χ2v) is 12.0. The molecule has 2 N–H and O–H groups in total. The van der Waals surface area contributed by atoms with Gasteiger partial charge in [0.15, 0.2) is 0 Å². The van der Waals surface area contributed by atoms with Gasteiger partial charge in [0.1, 0.15) is 11.6 Å². The molecule has 0 aliphatic carbocycles. The summed E-state index contributed by atoms with van der Waals surface area (Å²) in [5.74, 6) is -0.912. The van der Waals surface area contributed by atoms with Crippen LogP contribution in [0.2, 0.25) is 0 Å². The van der Waals surface area contributed by atoms with Gasteiger partial charge < -0.3 is 30.2 Å². The Morgan fingerprint density at radius 1 is 1.08 bits per heavy atom. The minimum atomic E-state index is -1.32. The van der Waals surface area contributed by atoms with Crippen molar-refractivity contribution in [3.63, 3.8) is 0 Å². The summed E-state index contributed by atoms with van der Waals surface area (Å²) in [6.07, 6.45) is 2.82. The summed E-state index contributed by atoms with van der Waals surface area (Å²) in [6.45, 7) is 8.42. The van der Waals surface area contributed by atoms with Crippen LogP contribution in [0.1, 0.15) is 68.8 Å². The molecule has 2 saturated heterocycles. The van der Waals surface area contributed by atoms with Crippen molar-refractivity contribution in [3.8, 4) is 0 Å². The standard InChI is InChI=1S/C28H40N4O6/c1-28(2,3)38-27(37)32(13-9-19(10-14-32)18-7-11-29-12-8-18)26(36)20-5-6-22-21(15-20)17-31(4)25(35)23(30-22)16-24(33)34/h5-6,15,18-19,23,29H,7-14,16-17H2,1-4H3,(H-,30,33,34,36)/t19?,23-,32?/m0/s1. The second kappa shape index (κ2) is 11.0. The number of rotatable bonds is 4. The first-order valence-electron chi connectivity index (χ1n) is 13.6. The number of quaternary nitrogens is 1. The van der Waals surface area contributed by atoms with Crippen LogP contribution in [0.25, 0.3) is 0 Å². The molecule has 10 nitrogen and oxygen atoms in total. The summed E-state index contributed by atoms with van der Waals surface area (Å²) in [4.78, 5) is 53.0. The number of imide groups is 1. The molecule has 1 atom stereocenters.